The molecule has 1 aliphatic heterocycles. The van der Waals surface area contributed by atoms with Crippen LogP contribution in [0.15, 0.2) is 35.5 Å². The molecular formula is C15H15ClFN3O4S. The fourth-order valence-corrected chi connectivity index (χ4v) is 4.21. The van der Waals surface area contributed by atoms with Crippen molar-refractivity contribution < 1.29 is 22.3 Å². The quantitative estimate of drug-likeness (QED) is 0.781. The molecule has 1 aromatic heterocycles. The molecule has 0 radical (unpaired) electrons. The second-order valence-electron chi connectivity index (χ2n) is 5.37. The number of aromatic nitrogens is 2. The van der Waals surface area contributed by atoms with Crippen LogP contribution in [-0.4, -0.2) is 49.0 Å². The number of benzene rings is 1. The number of methoxy groups -OCH3 is 1. The molecule has 10 heteroatoms. The van der Waals surface area contributed by atoms with Crippen LogP contribution in [0.25, 0.3) is 0 Å². The van der Waals surface area contributed by atoms with Gasteiger partial charge >= 0.3 is 0 Å². The molecule has 1 fully saturated rings. The Morgan fingerprint density at radius 3 is 2.80 bits per heavy atom. The van der Waals surface area contributed by atoms with Crippen molar-refractivity contribution in [1.82, 2.24) is 14.3 Å². The third-order valence-electron chi connectivity index (χ3n) is 3.72. The van der Waals surface area contributed by atoms with Gasteiger partial charge in [0.15, 0.2) is 0 Å². The molecule has 1 unspecified atom stereocenters. The minimum absolute atomic E-state index is 0.0549. The lowest BCUT2D eigenvalue weighted by Crippen LogP contribution is -2.31. The van der Waals surface area contributed by atoms with Gasteiger partial charge in [0, 0.05) is 6.54 Å². The van der Waals surface area contributed by atoms with Gasteiger partial charge in [0.05, 0.1) is 36.0 Å². The van der Waals surface area contributed by atoms with E-state index < -0.39 is 15.8 Å². The maximum Gasteiger partial charge on any atom is 0.243 e. The van der Waals surface area contributed by atoms with Crippen LogP contribution in [0.3, 0.4) is 0 Å². The lowest BCUT2D eigenvalue weighted by atomic mass is 10.3. The third-order valence-corrected chi connectivity index (χ3v) is 5.87. The van der Waals surface area contributed by atoms with Gasteiger partial charge in [0.2, 0.25) is 21.8 Å². The second kappa shape index (κ2) is 7.11. The molecule has 1 aromatic carbocycles. The van der Waals surface area contributed by atoms with Crippen LogP contribution < -0.4 is 9.47 Å². The van der Waals surface area contributed by atoms with Crippen molar-refractivity contribution in [1.29, 1.82) is 0 Å². The van der Waals surface area contributed by atoms with Gasteiger partial charge in [-0.25, -0.2) is 12.8 Å². The van der Waals surface area contributed by atoms with E-state index in [1.54, 1.807) is 0 Å². The van der Waals surface area contributed by atoms with Crippen LogP contribution in [0.4, 0.5) is 4.39 Å². The summed E-state index contributed by atoms with van der Waals surface area (Å²) < 4.78 is 50.4. The molecular weight excluding hydrogens is 373 g/mol. The van der Waals surface area contributed by atoms with E-state index in [4.69, 9.17) is 21.1 Å². The van der Waals surface area contributed by atoms with Crippen LogP contribution in [0.5, 0.6) is 11.8 Å². The number of rotatable bonds is 5. The first-order chi connectivity index (χ1) is 11.9. The van der Waals surface area contributed by atoms with Crippen molar-refractivity contribution in [2.24, 2.45) is 0 Å². The molecule has 2 aromatic rings. The van der Waals surface area contributed by atoms with Crippen molar-refractivity contribution in [2.75, 3.05) is 20.2 Å². The second-order valence-corrected chi connectivity index (χ2v) is 7.71. The summed E-state index contributed by atoms with van der Waals surface area (Å²) in [5.41, 5.74) is 0. The maximum absolute atomic E-state index is 13.2. The van der Waals surface area contributed by atoms with Gasteiger partial charge in [-0.05, 0) is 24.6 Å². The molecule has 1 aliphatic rings. The number of sulfonamides is 1. The van der Waals surface area contributed by atoms with E-state index in [2.05, 4.69) is 9.97 Å². The van der Waals surface area contributed by atoms with Gasteiger partial charge in [-0.3, -0.25) is 4.98 Å². The lowest BCUT2D eigenvalue weighted by Gasteiger charge is -2.17. The summed E-state index contributed by atoms with van der Waals surface area (Å²) in [6, 6.07) is 3.33. The summed E-state index contributed by atoms with van der Waals surface area (Å²) >= 11 is 5.68. The number of halogens is 2. The van der Waals surface area contributed by atoms with Gasteiger partial charge in [-0.15, -0.1) is 0 Å². The SMILES string of the molecule is COc1cncc(OC2CCN(S(=O)(=O)c3ccc(F)c(Cl)c3)C2)n1. The summed E-state index contributed by atoms with van der Waals surface area (Å²) in [6.45, 7) is 0.426. The first kappa shape index (κ1) is 17.8. The Labute approximate surface area is 149 Å². The predicted molar refractivity (Wildman–Crippen MR) is 87.8 cm³/mol. The van der Waals surface area contributed by atoms with Gasteiger partial charge < -0.3 is 9.47 Å². The molecule has 7 nitrogen and oxygen atoms in total. The summed E-state index contributed by atoms with van der Waals surface area (Å²) in [5, 5.41) is -0.236. The van der Waals surface area contributed by atoms with Gasteiger partial charge in [0.1, 0.15) is 11.9 Å². The van der Waals surface area contributed by atoms with Crippen LogP contribution in [-0.2, 0) is 10.0 Å². The summed E-state index contributed by atoms with van der Waals surface area (Å²) in [5.74, 6) is -0.103. The highest BCUT2D eigenvalue weighted by molar-refractivity contribution is 7.89. The highest BCUT2D eigenvalue weighted by Crippen LogP contribution is 2.26. The first-order valence-electron chi connectivity index (χ1n) is 7.38. The molecule has 134 valence electrons. The van der Waals surface area contributed by atoms with E-state index in [1.807, 2.05) is 0 Å². The maximum atomic E-state index is 13.2. The standard InChI is InChI=1S/C15H15ClFN3O4S/c1-23-14-7-18-8-15(19-14)24-10-4-5-20(9-10)25(21,22)11-2-3-13(17)12(16)6-11/h2-3,6-8,10H,4-5,9H2,1H3. The van der Waals surface area contributed by atoms with E-state index in [9.17, 15) is 12.8 Å². The number of hydrogen-bond donors (Lipinski definition) is 0. The molecule has 0 saturated carbocycles. The molecule has 0 bridgehead atoms. The average molecular weight is 388 g/mol. The Kier molecular flexibility index (Phi) is 5.07. The monoisotopic (exact) mass is 387 g/mol. The van der Waals surface area contributed by atoms with Crippen LogP contribution in [0.2, 0.25) is 5.02 Å². The topological polar surface area (TPSA) is 81.6 Å². The highest BCUT2D eigenvalue weighted by atomic mass is 35.5. The zero-order valence-electron chi connectivity index (χ0n) is 13.2. The van der Waals surface area contributed by atoms with Crippen LogP contribution >= 0.6 is 11.6 Å². The summed E-state index contributed by atoms with van der Waals surface area (Å²) in [4.78, 5) is 7.97. The van der Waals surface area contributed by atoms with Crippen molar-refractivity contribution in [3.05, 3.63) is 41.4 Å². The summed E-state index contributed by atoms with van der Waals surface area (Å²) in [6.07, 6.45) is 3.00. The van der Waals surface area contributed by atoms with Crippen molar-refractivity contribution >= 4 is 21.6 Å². The zero-order chi connectivity index (χ0) is 18.0. The van der Waals surface area contributed by atoms with Crippen molar-refractivity contribution in [3.63, 3.8) is 0 Å². The lowest BCUT2D eigenvalue weighted by molar-refractivity contribution is 0.203. The fourth-order valence-electron chi connectivity index (χ4n) is 2.46. The minimum Gasteiger partial charge on any atom is -0.480 e. The molecule has 2 heterocycles. The van der Waals surface area contributed by atoms with E-state index in [-0.39, 0.29) is 35.0 Å². The van der Waals surface area contributed by atoms with Crippen molar-refractivity contribution in [3.8, 4) is 11.8 Å². The Balaban J connectivity index is 1.72. The zero-order valence-corrected chi connectivity index (χ0v) is 14.8. The smallest absolute Gasteiger partial charge is 0.243 e. The minimum atomic E-state index is -3.77. The van der Waals surface area contributed by atoms with E-state index in [1.165, 1.54) is 29.9 Å². The average Bonchev–Trinajstić information content (AvgIpc) is 3.06. The van der Waals surface area contributed by atoms with E-state index >= 15 is 0 Å². The molecule has 1 saturated heterocycles. The first-order valence-corrected chi connectivity index (χ1v) is 9.20. The Morgan fingerprint density at radius 1 is 1.32 bits per heavy atom. The molecule has 0 amide bonds. The number of ether oxygens (including phenoxy) is 2. The van der Waals surface area contributed by atoms with Gasteiger partial charge in [-0.2, -0.15) is 9.29 Å². The summed E-state index contributed by atoms with van der Waals surface area (Å²) in [7, 11) is -2.31. The molecule has 0 aliphatic carbocycles. The number of nitrogens with zero attached hydrogens (tertiary/aromatic N) is 3. The Morgan fingerprint density at radius 2 is 2.08 bits per heavy atom. The highest BCUT2D eigenvalue weighted by Gasteiger charge is 2.34. The molecule has 1 atom stereocenters. The van der Waals surface area contributed by atoms with E-state index in [0.29, 0.717) is 12.3 Å². The number of hydrogen-bond acceptors (Lipinski definition) is 6. The Hall–Kier alpha value is -1.97. The molecule has 0 spiro atoms. The molecule has 25 heavy (non-hydrogen) atoms. The van der Waals surface area contributed by atoms with Gasteiger partial charge in [-0.1, -0.05) is 11.6 Å². The molecule has 0 N–H and O–H groups in total. The fraction of sp³-hybridized carbons (Fsp3) is 0.333. The van der Waals surface area contributed by atoms with Crippen LogP contribution in [0.1, 0.15) is 6.42 Å². The predicted octanol–water partition coefficient (Wildman–Crippen LogP) is 2.12. The largest absolute Gasteiger partial charge is 0.480 e. The van der Waals surface area contributed by atoms with E-state index in [0.717, 1.165) is 12.1 Å². The molecule has 3 rings (SSSR count). The third kappa shape index (κ3) is 3.83. The van der Waals surface area contributed by atoms with Crippen LogP contribution in [0, 0.1) is 5.82 Å². The van der Waals surface area contributed by atoms with Gasteiger partial charge in [0.25, 0.3) is 0 Å². The van der Waals surface area contributed by atoms with Crippen molar-refractivity contribution in [2.45, 2.75) is 17.4 Å². The normalized spacial score (nSPS) is 18.3. The Bertz CT molecular complexity index is 881.